The predicted octanol–water partition coefficient (Wildman–Crippen LogP) is 3.86. The van der Waals surface area contributed by atoms with Gasteiger partial charge in [-0.1, -0.05) is 30.3 Å². The van der Waals surface area contributed by atoms with E-state index in [0.717, 1.165) is 12.8 Å². The molecule has 2 atom stereocenters. The molecule has 0 aliphatic heterocycles. The zero-order valence-corrected chi connectivity index (χ0v) is 19.3. The lowest BCUT2D eigenvalue weighted by Gasteiger charge is -2.28. The number of benzene rings is 1. The number of methoxy groups -OCH3 is 1. The van der Waals surface area contributed by atoms with Crippen molar-refractivity contribution in [1.82, 2.24) is 9.71 Å². The van der Waals surface area contributed by atoms with Crippen molar-refractivity contribution in [2.24, 2.45) is 0 Å². The highest BCUT2D eigenvalue weighted by Crippen LogP contribution is 2.20. The van der Waals surface area contributed by atoms with Gasteiger partial charge in [-0.05, 0) is 52.2 Å². The minimum atomic E-state index is -1.25. The van der Waals surface area contributed by atoms with Crippen LogP contribution in [0.3, 0.4) is 0 Å². The molecule has 0 amide bonds. The second-order valence-corrected chi connectivity index (χ2v) is 9.99. The van der Waals surface area contributed by atoms with Crippen molar-refractivity contribution >= 4 is 17.3 Å². The molecule has 1 aromatic carbocycles. The van der Waals surface area contributed by atoms with Gasteiger partial charge in [0.1, 0.15) is 4.75 Å². The van der Waals surface area contributed by atoms with Gasteiger partial charge < -0.3 is 14.0 Å². The molecule has 0 bridgehead atoms. The molecule has 164 valence electrons. The fourth-order valence-corrected chi connectivity index (χ4v) is 3.75. The molecule has 0 saturated carbocycles. The summed E-state index contributed by atoms with van der Waals surface area (Å²) >= 11 is -1.25. The van der Waals surface area contributed by atoms with Gasteiger partial charge in [0.25, 0.3) is 0 Å². The summed E-state index contributed by atoms with van der Waals surface area (Å²) in [7, 11) is 1.54. The smallest absolute Gasteiger partial charge is 0.339 e. The molecule has 0 spiro atoms. The number of aromatic nitrogens is 1. The summed E-state index contributed by atoms with van der Waals surface area (Å²) in [5.41, 5.74) is 2.19. The average molecular weight is 433 g/mol. The summed E-state index contributed by atoms with van der Waals surface area (Å²) in [6.45, 7) is 7.84. The van der Waals surface area contributed by atoms with Crippen molar-refractivity contribution in [1.29, 1.82) is 0 Å². The van der Waals surface area contributed by atoms with E-state index in [1.165, 1.54) is 12.7 Å². The van der Waals surface area contributed by atoms with Crippen LogP contribution in [0.15, 0.2) is 42.5 Å². The van der Waals surface area contributed by atoms with E-state index in [1.54, 1.807) is 19.1 Å². The number of carbonyl (C=O) groups is 1. The highest BCUT2D eigenvalue weighted by atomic mass is 32.2. The fraction of sp³-hybridized carbons (Fsp3) is 0.478. The number of carbonyl (C=O) groups excluding carboxylic acids is 1. The zero-order chi connectivity index (χ0) is 22.1. The molecule has 2 unspecified atom stereocenters. The van der Waals surface area contributed by atoms with Gasteiger partial charge in [-0.15, -0.1) is 4.72 Å². The molecule has 0 radical (unpaired) electrons. The van der Waals surface area contributed by atoms with Crippen LogP contribution >= 0.6 is 0 Å². The Balaban J connectivity index is 2.27. The lowest BCUT2D eigenvalue weighted by Crippen LogP contribution is -2.46. The summed E-state index contributed by atoms with van der Waals surface area (Å²) in [4.78, 5) is 16.9. The third-order valence-electron chi connectivity index (χ3n) is 4.55. The SMILES string of the molecule is CCOC(=O)c1ccc(OC)nc1CC(CCc1ccccc1)N[S+]([O-])C(C)(C)C. The van der Waals surface area contributed by atoms with Crippen molar-refractivity contribution in [3.63, 3.8) is 0 Å². The van der Waals surface area contributed by atoms with E-state index in [4.69, 9.17) is 9.47 Å². The summed E-state index contributed by atoms with van der Waals surface area (Å²) in [6.07, 6.45) is 1.99. The van der Waals surface area contributed by atoms with Crippen LogP contribution in [0.1, 0.15) is 55.7 Å². The lowest BCUT2D eigenvalue weighted by molar-refractivity contribution is 0.0524. The first-order valence-corrected chi connectivity index (χ1v) is 11.3. The first-order chi connectivity index (χ1) is 14.2. The third-order valence-corrected chi connectivity index (χ3v) is 6.21. The maximum absolute atomic E-state index is 12.8. The number of rotatable bonds is 10. The van der Waals surface area contributed by atoms with Gasteiger partial charge in [0.15, 0.2) is 0 Å². The van der Waals surface area contributed by atoms with E-state index in [2.05, 4.69) is 21.8 Å². The predicted molar refractivity (Wildman–Crippen MR) is 120 cm³/mol. The van der Waals surface area contributed by atoms with E-state index in [-0.39, 0.29) is 12.6 Å². The van der Waals surface area contributed by atoms with E-state index >= 15 is 0 Å². The van der Waals surface area contributed by atoms with Gasteiger partial charge in [-0.2, -0.15) is 0 Å². The minimum absolute atomic E-state index is 0.141. The molecule has 0 fully saturated rings. The zero-order valence-electron chi connectivity index (χ0n) is 18.4. The van der Waals surface area contributed by atoms with Gasteiger partial charge in [0, 0.05) is 23.8 Å². The molecular weight excluding hydrogens is 400 g/mol. The Hall–Kier alpha value is -2.09. The maximum Gasteiger partial charge on any atom is 0.339 e. The first-order valence-electron chi connectivity index (χ1n) is 10.2. The molecule has 1 aromatic heterocycles. The molecule has 6 nitrogen and oxygen atoms in total. The molecule has 7 heteroatoms. The van der Waals surface area contributed by atoms with E-state index < -0.39 is 22.1 Å². The van der Waals surface area contributed by atoms with Crippen molar-refractivity contribution in [2.45, 2.75) is 57.7 Å². The molecule has 2 rings (SSSR count). The number of aryl methyl sites for hydroxylation is 1. The average Bonchev–Trinajstić information content (AvgIpc) is 2.72. The van der Waals surface area contributed by atoms with Crippen LogP contribution in [0.5, 0.6) is 5.88 Å². The van der Waals surface area contributed by atoms with Gasteiger partial charge in [-0.25, -0.2) is 9.78 Å². The normalized spacial score (nSPS) is 13.5. The Morgan fingerprint density at radius 1 is 1.20 bits per heavy atom. The number of hydrogen-bond acceptors (Lipinski definition) is 6. The summed E-state index contributed by atoms with van der Waals surface area (Å²) < 4.78 is 26.1. The number of esters is 1. The minimum Gasteiger partial charge on any atom is -0.598 e. The first kappa shape index (κ1) is 24.2. The van der Waals surface area contributed by atoms with E-state index in [0.29, 0.717) is 23.6 Å². The largest absolute Gasteiger partial charge is 0.598 e. The summed E-state index contributed by atoms with van der Waals surface area (Å²) in [5, 5.41) is 0. The van der Waals surface area contributed by atoms with E-state index in [1.807, 2.05) is 39.0 Å². The van der Waals surface area contributed by atoms with Crippen molar-refractivity contribution < 1.29 is 18.8 Å². The number of pyridine rings is 1. The third kappa shape index (κ3) is 7.31. The Morgan fingerprint density at radius 2 is 1.90 bits per heavy atom. The highest BCUT2D eigenvalue weighted by molar-refractivity contribution is 7.90. The molecular formula is C23H32N2O4S. The molecule has 1 heterocycles. The molecule has 0 saturated heterocycles. The van der Waals surface area contributed by atoms with E-state index in [9.17, 15) is 9.35 Å². The fourth-order valence-electron chi connectivity index (χ4n) is 2.90. The maximum atomic E-state index is 12.8. The van der Waals surface area contributed by atoms with Crippen LogP contribution in [0.2, 0.25) is 0 Å². The van der Waals surface area contributed by atoms with Crippen molar-refractivity contribution in [2.75, 3.05) is 13.7 Å². The summed E-state index contributed by atoms with van der Waals surface area (Å²) in [5.74, 6) is 0.0122. The van der Waals surface area contributed by atoms with Crippen LogP contribution in [0, 0.1) is 0 Å². The van der Waals surface area contributed by atoms with Crippen LogP contribution in [0.25, 0.3) is 0 Å². The number of nitrogens with one attached hydrogen (secondary N) is 1. The number of nitrogens with zero attached hydrogens (tertiary/aromatic N) is 1. The van der Waals surface area contributed by atoms with Gasteiger partial charge in [0.2, 0.25) is 5.88 Å². The summed E-state index contributed by atoms with van der Waals surface area (Å²) in [6, 6.07) is 13.3. The topological polar surface area (TPSA) is 83.5 Å². The number of hydrogen-bond donors (Lipinski definition) is 1. The Kier molecular flexibility index (Phi) is 9.14. The van der Waals surface area contributed by atoms with Gasteiger partial charge in [-0.3, -0.25) is 0 Å². The van der Waals surface area contributed by atoms with Crippen LogP contribution < -0.4 is 9.46 Å². The second-order valence-electron chi connectivity index (χ2n) is 7.99. The van der Waals surface area contributed by atoms with Crippen LogP contribution in [0.4, 0.5) is 0 Å². The standard InChI is InChI=1S/C23H32N2O4S/c1-6-29-22(26)19-14-15-21(28-5)24-20(19)16-18(25-30(27)23(2,3)4)13-12-17-10-8-7-9-11-17/h7-11,14-15,18,25H,6,12-13,16H2,1-5H3. The second kappa shape index (κ2) is 11.3. The van der Waals surface area contributed by atoms with Crippen molar-refractivity contribution in [3.05, 3.63) is 59.3 Å². The Bertz CT molecular complexity index is 809. The monoisotopic (exact) mass is 432 g/mol. The molecule has 2 aromatic rings. The molecule has 30 heavy (non-hydrogen) atoms. The van der Waals surface area contributed by atoms with Crippen LogP contribution in [-0.2, 0) is 28.9 Å². The van der Waals surface area contributed by atoms with Gasteiger partial charge >= 0.3 is 5.97 Å². The number of ether oxygens (including phenoxy) is 2. The molecule has 1 N–H and O–H groups in total. The highest BCUT2D eigenvalue weighted by Gasteiger charge is 2.30. The quantitative estimate of drug-likeness (QED) is 0.453. The Morgan fingerprint density at radius 3 is 2.50 bits per heavy atom. The van der Waals surface area contributed by atoms with Gasteiger partial charge in [0.05, 0.1) is 31.0 Å². The van der Waals surface area contributed by atoms with Crippen LogP contribution in [-0.4, -0.2) is 40.0 Å². The Labute approximate surface area is 182 Å². The lowest BCUT2D eigenvalue weighted by atomic mass is 10.00. The van der Waals surface area contributed by atoms with Crippen molar-refractivity contribution in [3.8, 4) is 5.88 Å². The molecule has 0 aliphatic rings. The molecule has 0 aliphatic carbocycles.